The second-order valence-electron chi connectivity index (χ2n) is 3.93. The standard InChI is InChI=1S/C13H10N4O/c1-9-4-2-3-5-10(9)17-8-16-12-11(13(17)18)14-6-7-15-12/h2-8H,1H3. The van der Waals surface area contributed by atoms with Crippen molar-refractivity contribution in [2.75, 3.05) is 0 Å². The zero-order valence-electron chi connectivity index (χ0n) is 9.74. The van der Waals surface area contributed by atoms with Gasteiger partial charge in [0, 0.05) is 12.4 Å². The van der Waals surface area contributed by atoms with Gasteiger partial charge >= 0.3 is 0 Å². The fourth-order valence-electron chi connectivity index (χ4n) is 1.86. The van der Waals surface area contributed by atoms with Crippen LogP contribution < -0.4 is 5.56 Å². The van der Waals surface area contributed by atoms with Crippen LogP contribution in [0, 0.1) is 6.92 Å². The first-order valence-electron chi connectivity index (χ1n) is 5.52. The first-order chi connectivity index (χ1) is 8.77. The molecule has 0 N–H and O–H groups in total. The second-order valence-corrected chi connectivity index (χ2v) is 3.93. The quantitative estimate of drug-likeness (QED) is 0.644. The maximum absolute atomic E-state index is 12.3. The third-order valence-electron chi connectivity index (χ3n) is 2.77. The van der Waals surface area contributed by atoms with E-state index in [1.54, 1.807) is 0 Å². The van der Waals surface area contributed by atoms with Gasteiger partial charge < -0.3 is 0 Å². The first kappa shape index (κ1) is 10.6. The van der Waals surface area contributed by atoms with Gasteiger partial charge in [-0.3, -0.25) is 9.36 Å². The minimum absolute atomic E-state index is 0.206. The lowest BCUT2D eigenvalue weighted by molar-refractivity contribution is 0.937. The highest BCUT2D eigenvalue weighted by Crippen LogP contribution is 2.11. The Hall–Kier alpha value is -2.56. The summed E-state index contributed by atoms with van der Waals surface area (Å²) in [7, 11) is 0. The monoisotopic (exact) mass is 238 g/mol. The Morgan fingerprint density at radius 1 is 1.06 bits per heavy atom. The van der Waals surface area contributed by atoms with Crippen molar-refractivity contribution < 1.29 is 0 Å². The largest absolute Gasteiger partial charge is 0.286 e. The van der Waals surface area contributed by atoms with Crippen LogP contribution in [-0.2, 0) is 0 Å². The fourth-order valence-corrected chi connectivity index (χ4v) is 1.86. The van der Waals surface area contributed by atoms with Crippen LogP contribution in [-0.4, -0.2) is 19.5 Å². The molecule has 18 heavy (non-hydrogen) atoms. The summed E-state index contributed by atoms with van der Waals surface area (Å²) in [6.45, 7) is 1.95. The molecule has 5 heteroatoms. The summed E-state index contributed by atoms with van der Waals surface area (Å²) in [4.78, 5) is 24.5. The molecule has 88 valence electrons. The molecular formula is C13H10N4O. The summed E-state index contributed by atoms with van der Waals surface area (Å²) in [6, 6.07) is 7.64. The Morgan fingerprint density at radius 2 is 1.83 bits per heavy atom. The zero-order chi connectivity index (χ0) is 12.5. The predicted molar refractivity (Wildman–Crippen MR) is 67.7 cm³/mol. The number of nitrogens with zero attached hydrogens (tertiary/aromatic N) is 4. The fraction of sp³-hybridized carbons (Fsp3) is 0.0769. The number of fused-ring (bicyclic) bond motifs is 1. The molecule has 0 saturated carbocycles. The molecule has 0 radical (unpaired) electrons. The predicted octanol–water partition coefficient (Wildman–Crippen LogP) is 1.48. The third-order valence-corrected chi connectivity index (χ3v) is 2.77. The molecule has 2 heterocycles. The van der Waals surface area contributed by atoms with Crippen molar-refractivity contribution in [1.29, 1.82) is 0 Å². The van der Waals surface area contributed by atoms with Crippen LogP contribution in [0.4, 0.5) is 0 Å². The van der Waals surface area contributed by atoms with Crippen molar-refractivity contribution >= 4 is 11.2 Å². The van der Waals surface area contributed by atoms with Gasteiger partial charge in [0.05, 0.1) is 5.69 Å². The smallest absolute Gasteiger partial charge is 0.266 e. The molecular weight excluding hydrogens is 228 g/mol. The number of rotatable bonds is 1. The van der Waals surface area contributed by atoms with E-state index in [9.17, 15) is 4.79 Å². The Balaban J connectivity index is 2.35. The maximum atomic E-state index is 12.3. The molecule has 0 atom stereocenters. The lowest BCUT2D eigenvalue weighted by Gasteiger charge is -2.08. The SMILES string of the molecule is Cc1ccccc1-n1cnc2nccnc2c1=O. The number of hydrogen-bond acceptors (Lipinski definition) is 4. The molecule has 0 aliphatic carbocycles. The van der Waals surface area contributed by atoms with Crippen LogP contribution in [0.1, 0.15) is 5.56 Å². The number of hydrogen-bond donors (Lipinski definition) is 0. The molecule has 1 aromatic carbocycles. The number of benzene rings is 1. The average molecular weight is 238 g/mol. The van der Waals surface area contributed by atoms with Crippen molar-refractivity contribution in [2.45, 2.75) is 6.92 Å². The highest BCUT2D eigenvalue weighted by molar-refractivity contribution is 5.67. The topological polar surface area (TPSA) is 60.7 Å². The molecule has 3 aromatic rings. The first-order valence-corrected chi connectivity index (χ1v) is 5.52. The minimum atomic E-state index is -0.206. The van der Waals surface area contributed by atoms with Gasteiger partial charge in [-0.15, -0.1) is 0 Å². The second kappa shape index (κ2) is 4.03. The van der Waals surface area contributed by atoms with Gasteiger partial charge in [0.25, 0.3) is 5.56 Å². The Bertz CT molecular complexity index is 779. The van der Waals surface area contributed by atoms with E-state index in [4.69, 9.17) is 0 Å². The molecule has 0 spiro atoms. The van der Waals surface area contributed by atoms with Crippen LogP contribution in [0.2, 0.25) is 0 Å². The molecule has 3 rings (SSSR count). The molecule has 0 amide bonds. The highest BCUT2D eigenvalue weighted by Gasteiger charge is 2.08. The van der Waals surface area contributed by atoms with E-state index in [1.165, 1.54) is 23.3 Å². The van der Waals surface area contributed by atoms with Gasteiger partial charge in [-0.05, 0) is 18.6 Å². The van der Waals surface area contributed by atoms with Crippen molar-refractivity contribution in [3.8, 4) is 5.69 Å². The van der Waals surface area contributed by atoms with E-state index in [-0.39, 0.29) is 11.1 Å². The van der Waals surface area contributed by atoms with E-state index < -0.39 is 0 Å². The summed E-state index contributed by atoms with van der Waals surface area (Å²) in [5, 5.41) is 0. The molecule has 0 aliphatic heterocycles. The van der Waals surface area contributed by atoms with Crippen LogP contribution in [0.25, 0.3) is 16.9 Å². The molecule has 0 saturated heterocycles. The lowest BCUT2D eigenvalue weighted by Crippen LogP contribution is -2.20. The molecule has 0 bridgehead atoms. The number of para-hydroxylation sites is 1. The molecule has 0 aliphatic rings. The Labute approximate surface area is 103 Å². The molecule has 5 nitrogen and oxygen atoms in total. The van der Waals surface area contributed by atoms with Crippen LogP contribution in [0.15, 0.2) is 47.8 Å². The third kappa shape index (κ3) is 1.57. The van der Waals surface area contributed by atoms with E-state index >= 15 is 0 Å². The van der Waals surface area contributed by atoms with Gasteiger partial charge in [0.1, 0.15) is 6.33 Å². The van der Waals surface area contributed by atoms with E-state index in [0.717, 1.165) is 11.3 Å². The van der Waals surface area contributed by atoms with Crippen molar-refractivity contribution in [3.63, 3.8) is 0 Å². The number of aryl methyl sites for hydroxylation is 1. The van der Waals surface area contributed by atoms with Gasteiger partial charge in [0.15, 0.2) is 11.2 Å². The van der Waals surface area contributed by atoms with Crippen LogP contribution in [0.3, 0.4) is 0 Å². The van der Waals surface area contributed by atoms with Crippen molar-refractivity contribution in [1.82, 2.24) is 19.5 Å². The van der Waals surface area contributed by atoms with Crippen molar-refractivity contribution in [2.24, 2.45) is 0 Å². The van der Waals surface area contributed by atoms with Gasteiger partial charge in [0.2, 0.25) is 0 Å². The van der Waals surface area contributed by atoms with Gasteiger partial charge in [-0.25, -0.2) is 15.0 Å². The number of aromatic nitrogens is 4. The summed E-state index contributed by atoms with van der Waals surface area (Å²) in [5.41, 5.74) is 2.25. The van der Waals surface area contributed by atoms with E-state index in [2.05, 4.69) is 15.0 Å². The van der Waals surface area contributed by atoms with E-state index in [1.807, 2.05) is 31.2 Å². The normalized spacial score (nSPS) is 10.7. The molecule has 2 aromatic heterocycles. The Kier molecular flexibility index (Phi) is 2.37. The maximum Gasteiger partial charge on any atom is 0.286 e. The van der Waals surface area contributed by atoms with Crippen LogP contribution in [0.5, 0.6) is 0 Å². The molecule has 0 fully saturated rings. The summed E-state index contributed by atoms with van der Waals surface area (Å²) in [5.74, 6) is 0. The summed E-state index contributed by atoms with van der Waals surface area (Å²) < 4.78 is 1.49. The van der Waals surface area contributed by atoms with Gasteiger partial charge in [-0.1, -0.05) is 18.2 Å². The summed E-state index contributed by atoms with van der Waals surface area (Å²) in [6.07, 6.45) is 4.50. The molecule has 0 unspecified atom stereocenters. The Morgan fingerprint density at radius 3 is 2.67 bits per heavy atom. The summed E-state index contributed by atoms with van der Waals surface area (Å²) >= 11 is 0. The van der Waals surface area contributed by atoms with E-state index in [0.29, 0.717) is 5.65 Å². The van der Waals surface area contributed by atoms with Gasteiger partial charge in [-0.2, -0.15) is 0 Å². The van der Waals surface area contributed by atoms with Crippen LogP contribution >= 0.6 is 0 Å². The lowest BCUT2D eigenvalue weighted by atomic mass is 10.2. The minimum Gasteiger partial charge on any atom is -0.266 e. The average Bonchev–Trinajstić information content (AvgIpc) is 2.41. The zero-order valence-corrected chi connectivity index (χ0v) is 9.74. The van der Waals surface area contributed by atoms with Crippen molar-refractivity contribution in [3.05, 3.63) is 58.9 Å². The highest BCUT2D eigenvalue weighted by atomic mass is 16.1.